The van der Waals surface area contributed by atoms with Crippen LogP contribution in [0.1, 0.15) is 245 Å². The van der Waals surface area contributed by atoms with Gasteiger partial charge in [0, 0.05) is 19.3 Å². The van der Waals surface area contributed by atoms with Crippen LogP contribution < -0.4 is 0 Å². The van der Waals surface area contributed by atoms with Gasteiger partial charge in [-0.15, -0.1) is 0 Å². The van der Waals surface area contributed by atoms with E-state index in [2.05, 4.69) is 57.2 Å². The molecule has 6 nitrogen and oxygen atoms in total. The van der Waals surface area contributed by atoms with Crippen molar-refractivity contribution in [3.63, 3.8) is 0 Å². The van der Waals surface area contributed by atoms with E-state index in [-0.39, 0.29) is 31.1 Å². The van der Waals surface area contributed by atoms with Gasteiger partial charge in [-0.05, 0) is 89.9 Å². The minimum absolute atomic E-state index is 0.0941. The summed E-state index contributed by atoms with van der Waals surface area (Å²) in [6.07, 6.45) is 63.1. The number of unbranched alkanes of at least 4 members (excludes halogenated alkanes) is 26. The molecule has 1 unspecified atom stereocenters. The molecule has 356 valence electrons. The number of allylic oxidation sites excluding steroid dienone is 12. The average molecular weight is 865 g/mol. The zero-order valence-corrected chi connectivity index (χ0v) is 40.6. The third kappa shape index (κ3) is 47.9. The molecule has 0 radical (unpaired) electrons. The second-order valence-electron chi connectivity index (χ2n) is 17.1. The molecule has 0 spiro atoms. The lowest BCUT2D eigenvalue weighted by molar-refractivity contribution is -0.167. The molecule has 0 saturated heterocycles. The predicted octanol–water partition coefficient (Wildman–Crippen LogP) is 17.0. The molecule has 0 aliphatic rings. The number of esters is 3. The SMILES string of the molecule is CC\C=C/C=C\C=C/C=C\CCCCCC(=O)OCC(COC(=O)CCCCCCC/C=C\CCCCCCCCC)OC(=O)CCCCCCCCC/C=C\CCCCCC. The van der Waals surface area contributed by atoms with Gasteiger partial charge in [-0.3, -0.25) is 14.4 Å². The van der Waals surface area contributed by atoms with Crippen molar-refractivity contribution >= 4 is 17.9 Å². The summed E-state index contributed by atoms with van der Waals surface area (Å²) in [6, 6.07) is 0. The lowest BCUT2D eigenvalue weighted by Gasteiger charge is -2.18. The summed E-state index contributed by atoms with van der Waals surface area (Å²) < 4.78 is 16.8. The molecule has 0 bridgehead atoms. The summed E-state index contributed by atoms with van der Waals surface area (Å²) in [5.74, 6) is -0.945. The fraction of sp³-hybridized carbons (Fsp3) is 0.732. The van der Waals surface area contributed by atoms with Crippen LogP contribution in [-0.2, 0) is 28.6 Å². The number of rotatable bonds is 46. The van der Waals surface area contributed by atoms with E-state index in [1.165, 1.54) is 128 Å². The van der Waals surface area contributed by atoms with Crippen LogP contribution in [-0.4, -0.2) is 37.2 Å². The summed E-state index contributed by atoms with van der Waals surface area (Å²) in [7, 11) is 0. The number of carbonyl (C=O) groups excluding carboxylic acids is 3. The molecule has 0 aromatic heterocycles. The van der Waals surface area contributed by atoms with Crippen LogP contribution in [0.25, 0.3) is 0 Å². The molecule has 0 N–H and O–H groups in total. The Morgan fingerprint density at radius 3 is 1.06 bits per heavy atom. The first kappa shape index (κ1) is 58.9. The molecule has 0 aromatic carbocycles. The Balaban J connectivity index is 4.44. The first-order valence-electron chi connectivity index (χ1n) is 26.0. The van der Waals surface area contributed by atoms with Crippen LogP contribution >= 0.6 is 0 Å². The van der Waals surface area contributed by atoms with Gasteiger partial charge in [0.15, 0.2) is 6.10 Å². The predicted molar refractivity (Wildman–Crippen MR) is 265 cm³/mol. The Labute approximate surface area is 382 Å². The van der Waals surface area contributed by atoms with Crippen molar-refractivity contribution in [1.29, 1.82) is 0 Å². The zero-order valence-electron chi connectivity index (χ0n) is 40.6. The van der Waals surface area contributed by atoms with E-state index in [4.69, 9.17) is 14.2 Å². The van der Waals surface area contributed by atoms with Crippen molar-refractivity contribution in [1.82, 2.24) is 0 Å². The molecule has 6 heteroatoms. The zero-order chi connectivity index (χ0) is 45.1. The second kappa shape index (κ2) is 50.5. The van der Waals surface area contributed by atoms with Gasteiger partial charge in [0.2, 0.25) is 0 Å². The molecule has 62 heavy (non-hydrogen) atoms. The minimum Gasteiger partial charge on any atom is -0.462 e. The van der Waals surface area contributed by atoms with Crippen LogP contribution in [0.4, 0.5) is 0 Å². The van der Waals surface area contributed by atoms with Crippen LogP contribution in [0.15, 0.2) is 72.9 Å². The van der Waals surface area contributed by atoms with E-state index in [9.17, 15) is 14.4 Å². The Bertz CT molecular complexity index is 1180. The molecular formula is C56H96O6. The van der Waals surface area contributed by atoms with Crippen molar-refractivity contribution in [3.05, 3.63) is 72.9 Å². The quantitative estimate of drug-likeness (QED) is 0.0199. The lowest BCUT2D eigenvalue weighted by Crippen LogP contribution is -2.30. The van der Waals surface area contributed by atoms with E-state index in [0.717, 1.165) is 77.0 Å². The number of hydrogen-bond donors (Lipinski definition) is 0. The maximum Gasteiger partial charge on any atom is 0.306 e. The molecular weight excluding hydrogens is 769 g/mol. The Morgan fingerprint density at radius 2 is 0.645 bits per heavy atom. The fourth-order valence-electron chi connectivity index (χ4n) is 7.09. The number of hydrogen-bond acceptors (Lipinski definition) is 6. The Morgan fingerprint density at radius 1 is 0.339 bits per heavy atom. The summed E-state index contributed by atoms with van der Waals surface area (Å²) in [5.41, 5.74) is 0. The van der Waals surface area contributed by atoms with E-state index in [1.807, 2.05) is 36.5 Å². The maximum absolute atomic E-state index is 12.8. The maximum atomic E-state index is 12.8. The van der Waals surface area contributed by atoms with E-state index in [1.54, 1.807) is 0 Å². The minimum atomic E-state index is -0.796. The second-order valence-corrected chi connectivity index (χ2v) is 17.1. The highest BCUT2D eigenvalue weighted by molar-refractivity contribution is 5.71. The molecule has 0 fully saturated rings. The molecule has 0 heterocycles. The molecule has 0 aromatic rings. The normalized spacial score (nSPS) is 12.6. The van der Waals surface area contributed by atoms with Crippen molar-refractivity contribution < 1.29 is 28.6 Å². The summed E-state index contributed by atoms with van der Waals surface area (Å²) in [6.45, 7) is 6.44. The van der Waals surface area contributed by atoms with Gasteiger partial charge in [-0.25, -0.2) is 0 Å². The van der Waals surface area contributed by atoms with Crippen molar-refractivity contribution in [3.8, 4) is 0 Å². The van der Waals surface area contributed by atoms with Crippen LogP contribution in [0.5, 0.6) is 0 Å². The lowest BCUT2D eigenvalue weighted by atomic mass is 10.1. The number of ether oxygens (including phenoxy) is 3. The number of carbonyl (C=O) groups is 3. The van der Waals surface area contributed by atoms with E-state index in [0.29, 0.717) is 19.3 Å². The van der Waals surface area contributed by atoms with E-state index >= 15 is 0 Å². The molecule has 0 aliphatic heterocycles. The van der Waals surface area contributed by atoms with Crippen molar-refractivity contribution in [2.45, 2.75) is 252 Å². The fourth-order valence-corrected chi connectivity index (χ4v) is 7.09. The molecule has 0 aliphatic carbocycles. The van der Waals surface area contributed by atoms with Gasteiger partial charge < -0.3 is 14.2 Å². The average Bonchev–Trinajstić information content (AvgIpc) is 3.27. The third-order valence-corrected chi connectivity index (χ3v) is 11.0. The Kier molecular flexibility index (Phi) is 47.9. The third-order valence-electron chi connectivity index (χ3n) is 11.0. The first-order valence-corrected chi connectivity index (χ1v) is 26.0. The summed E-state index contributed by atoms with van der Waals surface area (Å²) in [4.78, 5) is 38.0. The van der Waals surface area contributed by atoms with Gasteiger partial charge in [0.05, 0.1) is 0 Å². The van der Waals surface area contributed by atoms with Crippen molar-refractivity contribution in [2.75, 3.05) is 13.2 Å². The highest BCUT2D eigenvalue weighted by atomic mass is 16.6. The smallest absolute Gasteiger partial charge is 0.306 e. The van der Waals surface area contributed by atoms with Gasteiger partial charge in [0.1, 0.15) is 13.2 Å². The first-order chi connectivity index (χ1) is 30.5. The highest BCUT2D eigenvalue weighted by Gasteiger charge is 2.19. The molecule has 0 amide bonds. The van der Waals surface area contributed by atoms with Crippen LogP contribution in [0, 0.1) is 0 Å². The van der Waals surface area contributed by atoms with E-state index < -0.39 is 6.10 Å². The molecule has 0 saturated carbocycles. The van der Waals surface area contributed by atoms with Crippen LogP contribution in [0.3, 0.4) is 0 Å². The highest BCUT2D eigenvalue weighted by Crippen LogP contribution is 2.14. The Hall–Kier alpha value is -3.15. The van der Waals surface area contributed by atoms with Gasteiger partial charge >= 0.3 is 17.9 Å². The largest absolute Gasteiger partial charge is 0.462 e. The van der Waals surface area contributed by atoms with Gasteiger partial charge in [-0.1, -0.05) is 209 Å². The van der Waals surface area contributed by atoms with Gasteiger partial charge in [0.25, 0.3) is 0 Å². The standard InChI is InChI=1S/C56H96O6/c1-4-7-10-13-16-19-22-25-27-29-31-34-37-40-43-46-49-55(58)61-52-53(51-60-54(57)48-45-42-39-36-33-30-24-21-18-15-12-9-6-3)62-56(59)50-47-44-41-38-35-32-28-26-23-20-17-14-11-8-5-2/h9,12,15,18,20-21,23-24,27,29-30,33,53H,4-8,10-11,13-14,16-17,19,22,25-26,28,31-32,34-52H2,1-3H3/b12-9-,18-15-,23-20-,24-21-,29-27-,33-30-. The molecule has 1 atom stereocenters. The topological polar surface area (TPSA) is 78.9 Å². The monoisotopic (exact) mass is 865 g/mol. The van der Waals surface area contributed by atoms with Gasteiger partial charge in [-0.2, -0.15) is 0 Å². The summed E-state index contributed by atoms with van der Waals surface area (Å²) >= 11 is 0. The summed E-state index contributed by atoms with van der Waals surface area (Å²) in [5, 5.41) is 0. The van der Waals surface area contributed by atoms with Crippen LogP contribution in [0.2, 0.25) is 0 Å². The molecule has 0 rings (SSSR count). The van der Waals surface area contributed by atoms with Crippen molar-refractivity contribution in [2.24, 2.45) is 0 Å².